The molecule has 1 unspecified atom stereocenters. The van der Waals surface area contributed by atoms with E-state index in [9.17, 15) is 9.59 Å². The van der Waals surface area contributed by atoms with Crippen molar-refractivity contribution in [2.45, 2.75) is 49.5 Å². The highest BCUT2D eigenvalue weighted by Crippen LogP contribution is 2.57. The first kappa shape index (κ1) is 22.2. The predicted molar refractivity (Wildman–Crippen MR) is 137 cm³/mol. The second-order valence-electron chi connectivity index (χ2n) is 10.8. The molecule has 4 aliphatic rings. The molecule has 0 radical (unpaired) electrons. The van der Waals surface area contributed by atoms with Crippen molar-refractivity contribution in [3.05, 3.63) is 65.6 Å². The minimum Gasteiger partial charge on any atom is -0.465 e. The Labute approximate surface area is 214 Å². The van der Waals surface area contributed by atoms with Gasteiger partial charge in [-0.05, 0) is 73.4 Å². The zero-order valence-electron chi connectivity index (χ0n) is 20.4. The van der Waals surface area contributed by atoms with Gasteiger partial charge in [-0.15, -0.1) is 0 Å². The number of amides is 2. The number of fused-ring (bicyclic) bond motifs is 2. The van der Waals surface area contributed by atoms with Gasteiger partial charge in [-0.3, -0.25) is 9.78 Å². The van der Waals surface area contributed by atoms with Crippen LogP contribution in [0.3, 0.4) is 0 Å². The van der Waals surface area contributed by atoms with E-state index in [1.807, 2.05) is 30.7 Å². The van der Waals surface area contributed by atoms with Crippen LogP contribution >= 0.6 is 0 Å². The van der Waals surface area contributed by atoms with Gasteiger partial charge in [-0.25, -0.2) is 14.8 Å². The summed E-state index contributed by atoms with van der Waals surface area (Å²) in [6.45, 7) is 1.73. The lowest BCUT2D eigenvalue weighted by molar-refractivity contribution is 0.0788. The Balaban J connectivity index is 1.15. The van der Waals surface area contributed by atoms with Crippen LogP contribution in [-0.4, -0.2) is 62.6 Å². The van der Waals surface area contributed by atoms with Gasteiger partial charge in [-0.2, -0.15) is 0 Å². The molecule has 37 heavy (non-hydrogen) atoms. The molecule has 9 nitrogen and oxygen atoms in total. The average molecular weight is 497 g/mol. The van der Waals surface area contributed by atoms with E-state index in [0.29, 0.717) is 36.9 Å². The maximum Gasteiger partial charge on any atom is 0.404 e. The molecule has 2 aliphatic carbocycles. The molecule has 2 saturated carbocycles. The Hall–Kier alpha value is -4.01. The van der Waals surface area contributed by atoms with E-state index in [-0.39, 0.29) is 17.4 Å². The van der Waals surface area contributed by atoms with Crippen LogP contribution in [0.1, 0.15) is 59.5 Å². The number of carbonyl (C=O) groups is 2. The molecule has 4 heterocycles. The van der Waals surface area contributed by atoms with Crippen molar-refractivity contribution < 1.29 is 14.7 Å². The fourth-order valence-electron chi connectivity index (χ4n) is 5.85. The molecule has 3 aromatic rings. The number of rotatable bonds is 5. The number of nitrogens with zero attached hydrogens (tertiary/aromatic N) is 5. The summed E-state index contributed by atoms with van der Waals surface area (Å²) in [6, 6.07) is 9.96. The van der Waals surface area contributed by atoms with Gasteiger partial charge in [0, 0.05) is 60.5 Å². The topological polar surface area (TPSA) is 112 Å². The monoisotopic (exact) mass is 496 g/mol. The maximum absolute atomic E-state index is 13.3. The minimum atomic E-state index is -1.06. The molecule has 1 aromatic carbocycles. The summed E-state index contributed by atoms with van der Waals surface area (Å²) >= 11 is 0. The number of hydrogen-bond acceptors (Lipinski definition) is 6. The zero-order chi connectivity index (χ0) is 25.1. The second-order valence-corrected chi connectivity index (χ2v) is 10.8. The van der Waals surface area contributed by atoms with Crippen molar-refractivity contribution in [2.75, 3.05) is 24.5 Å². The molecule has 1 saturated heterocycles. The third-order valence-electron chi connectivity index (χ3n) is 8.23. The maximum atomic E-state index is 13.3. The van der Waals surface area contributed by atoms with E-state index in [2.05, 4.69) is 33.4 Å². The van der Waals surface area contributed by atoms with Gasteiger partial charge >= 0.3 is 6.09 Å². The van der Waals surface area contributed by atoms with Gasteiger partial charge in [0.1, 0.15) is 0 Å². The number of carboxylic acid groups (broad SMARTS) is 1. The van der Waals surface area contributed by atoms with Crippen molar-refractivity contribution in [3.8, 4) is 11.3 Å². The van der Waals surface area contributed by atoms with Crippen LogP contribution in [0.25, 0.3) is 11.3 Å². The fraction of sp³-hybridized carbons (Fsp3) is 0.393. The average Bonchev–Trinajstić information content (AvgIpc) is 3.83. The third-order valence-corrected chi connectivity index (χ3v) is 8.23. The van der Waals surface area contributed by atoms with Crippen LogP contribution in [0.4, 0.5) is 16.4 Å². The molecule has 1 spiro atoms. The summed E-state index contributed by atoms with van der Waals surface area (Å²) in [4.78, 5) is 42.1. The first-order chi connectivity index (χ1) is 18.0. The summed E-state index contributed by atoms with van der Waals surface area (Å²) in [5.74, 6) is 1.21. The summed E-state index contributed by atoms with van der Waals surface area (Å²) in [6.07, 6.45) is 9.85. The van der Waals surface area contributed by atoms with Crippen LogP contribution in [0, 0.1) is 0 Å². The molecule has 3 fully saturated rings. The Morgan fingerprint density at radius 2 is 1.84 bits per heavy atom. The molecular formula is C28H28N6O3. The number of hydrogen-bond donors (Lipinski definition) is 2. The SMILES string of the molecule is O=C(O)NC1CCN(C(=O)c2ccc3c(c2)N(c2ncc(-c4cc(C5CC5)ccn4)cn2)CC32CC2)C1. The van der Waals surface area contributed by atoms with Gasteiger partial charge in [0.2, 0.25) is 5.95 Å². The third kappa shape index (κ3) is 3.98. The molecule has 188 valence electrons. The fourth-order valence-corrected chi connectivity index (χ4v) is 5.85. The largest absolute Gasteiger partial charge is 0.465 e. The van der Waals surface area contributed by atoms with Crippen LogP contribution in [0.2, 0.25) is 0 Å². The number of nitrogens with one attached hydrogen (secondary N) is 1. The van der Waals surface area contributed by atoms with Crippen molar-refractivity contribution in [3.63, 3.8) is 0 Å². The highest BCUT2D eigenvalue weighted by molar-refractivity contribution is 5.96. The number of benzene rings is 1. The Kier molecular flexibility index (Phi) is 4.96. The molecule has 2 N–H and O–H groups in total. The summed E-state index contributed by atoms with van der Waals surface area (Å²) in [5.41, 5.74) is 6.09. The molecule has 2 aromatic heterocycles. The predicted octanol–water partition coefficient (Wildman–Crippen LogP) is 4.08. The number of aromatic nitrogens is 3. The van der Waals surface area contributed by atoms with Crippen LogP contribution in [0.5, 0.6) is 0 Å². The van der Waals surface area contributed by atoms with Gasteiger partial charge in [-0.1, -0.05) is 6.07 Å². The van der Waals surface area contributed by atoms with E-state index < -0.39 is 6.09 Å². The minimum absolute atomic E-state index is 0.0768. The van der Waals surface area contributed by atoms with E-state index in [1.165, 1.54) is 24.0 Å². The van der Waals surface area contributed by atoms with Crippen LogP contribution < -0.4 is 10.2 Å². The number of likely N-dealkylation sites (tertiary alicyclic amines) is 1. The normalized spacial score (nSPS) is 21.2. The molecular weight excluding hydrogens is 468 g/mol. The number of pyridine rings is 1. The van der Waals surface area contributed by atoms with Crippen molar-refractivity contribution in [1.29, 1.82) is 0 Å². The quantitative estimate of drug-likeness (QED) is 0.547. The summed E-state index contributed by atoms with van der Waals surface area (Å²) in [5, 5.41) is 11.5. The van der Waals surface area contributed by atoms with Crippen LogP contribution in [-0.2, 0) is 5.41 Å². The Morgan fingerprint density at radius 3 is 2.57 bits per heavy atom. The zero-order valence-corrected chi connectivity index (χ0v) is 20.4. The van der Waals surface area contributed by atoms with Gasteiger partial charge in [0.05, 0.1) is 11.7 Å². The van der Waals surface area contributed by atoms with E-state index >= 15 is 0 Å². The highest BCUT2D eigenvalue weighted by atomic mass is 16.4. The van der Waals surface area contributed by atoms with Crippen LogP contribution in [0.15, 0.2) is 48.9 Å². The second kappa shape index (κ2) is 8.26. The first-order valence-corrected chi connectivity index (χ1v) is 13.0. The lowest BCUT2D eigenvalue weighted by atomic mass is 9.97. The van der Waals surface area contributed by atoms with E-state index in [4.69, 9.17) is 15.1 Å². The number of anilines is 2. The lowest BCUT2D eigenvalue weighted by Gasteiger charge is -2.20. The molecule has 0 bridgehead atoms. The van der Waals surface area contributed by atoms with Gasteiger partial charge < -0.3 is 20.2 Å². The molecule has 1 atom stereocenters. The highest BCUT2D eigenvalue weighted by Gasteiger charge is 2.52. The van der Waals surface area contributed by atoms with Crippen molar-refractivity contribution in [2.24, 2.45) is 0 Å². The molecule has 7 rings (SSSR count). The Bertz CT molecular complexity index is 1400. The lowest BCUT2D eigenvalue weighted by Crippen LogP contribution is -2.37. The first-order valence-electron chi connectivity index (χ1n) is 13.0. The summed E-state index contributed by atoms with van der Waals surface area (Å²) < 4.78 is 0. The molecule has 2 amide bonds. The van der Waals surface area contributed by atoms with E-state index in [1.54, 1.807) is 4.90 Å². The van der Waals surface area contributed by atoms with Gasteiger partial charge in [0.15, 0.2) is 0 Å². The van der Waals surface area contributed by atoms with Crippen molar-refractivity contribution >= 4 is 23.6 Å². The Morgan fingerprint density at radius 1 is 1.03 bits per heavy atom. The number of carbonyl (C=O) groups excluding carboxylic acids is 1. The van der Waals surface area contributed by atoms with Gasteiger partial charge in [0.25, 0.3) is 5.91 Å². The van der Waals surface area contributed by atoms with Crippen molar-refractivity contribution in [1.82, 2.24) is 25.2 Å². The standard InChI is InChI=1S/C28H28N6O3/c35-25(33-10-6-21(15-33)32-27(36)37)19-3-4-22-24(12-19)34(16-28(22)7-8-28)26-30-13-20(14-31-26)23-11-18(5-9-29-23)17-1-2-17/h3-5,9,11-14,17,21,32H,1-2,6-8,10,15-16H2,(H,36,37). The van der Waals surface area contributed by atoms with E-state index in [0.717, 1.165) is 36.3 Å². The molecule has 9 heteroatoms. The molecule has 2 aliphatic heterocycles. The summed E-state index contributed by atoms with van der Waals surface area (Å²) in [7, 11) is 0. The smallest absolute Gasteiger partial charge is 0.404 e.